The van der Waals surface area contributed by atoms with Crippen molar-refractivity contribution in [3.8, 4) is 0 Å². The van der Waals surface area contributed by atoms with Crippen LogP contribution in [-0.2, 0) is 9.47 Å². The summed E-state index contributed by atoms with van der Waals surface area (Å²) in [5.41, 5.74) is -0.557. The van der Waals surface area contributed by atoms with E-state index in [0.717, 1.165) is 12.5 Å². The number of hydrogen-bond acceptors (Lipinski definition) is 5. The van der Waals surface area contributed by atoms with Crippen LogP contribution in [-0.4, -0.2) is 68.2 Å². The third kappa shape index (κ3) is 10.2. The first-order valence-electron chi connectivity index (χ1n) is 10.1. The summed E-state index contributed by atoms with van der Waals surface area (Å²) in [6.07, 6.45) is 0.457. The van der Waals surface area contributed by atoms with Gasteiger partial charge >= 0.3 is 6.09 Å². The third-order valence-electron chi connectivity index (χ3n) is 4.40. The monoisotopic (exact) mass is 414 g/mol. The Morgan fingerprint density at radius 2 is 1.82 bits per heavy atom. The fourth-order valence-electron chi connectivity index (χ4n) is 2.47. The molecule has 0 aliphatic carbocycles. The molecule has 8 heteroatoms. The predicted molar refractivity (Wildman–Crippen MR) is 120 cm³/mol. The van der Waals surface area contributed by atoms with E-state index in [1.165, 1.54) is 5.01 Å². The Kier molecular flexibility index (Phi) is 11.0. The normalized spacial score (nSPS) is 14.2. The van der Waals surface area contributed by atoms with Gasteiger partial charge < -0.3 is 14.4 Å². The Morgan fingerprint density at radius 1 is 1.25 bits per heavy atom. The number of nitrogens with one attached hydrogen (secondary N) is 1. The molecule has 7 nitrogen and oxygen atoms in total. The van der Waals surface area contributed by atoms with Crippen LogP contribution in [0.3, 0.4) is 0 Å². The summed E-state index contributed by atoms with van der Waals surface area (Å²) < 4.78 is 11.3. The van der Waals surface area contributed by atoms with Crippen molar-refractivity contribution in [2.75, 3.05) is 19.9 Å². The topological polar surface area (TPSA) is 78.2 Å². The second-order valence-electron chi connectivity index (χ2n) is 9.48. The minimum Gasteiger partial charge on any atom is -0.444 e. The van der Waals surface area contributed by atoms with Crippen LogP contribution in [0.4, 0.5) is 4.79 Å². The van der Waals surface area contributed by atoms with Gasteiger partial charge in [-0.15, -0.1) is 0 Å². The van der Waals surface area contributed by atoms with Crippen molar-refractivity contribution in [2.24, 2.45) is 11.0 Å². The first-order chi connectivity index (χ1) is 12.7. The first kappa shape index (κ1) is 26.6. The lowest BCUT2D eigenvalue weighted by Gasteiger charge is -2.36. The standard InChI is InChI=1S/C20H42N4O3Si/c1-11-12-23(19(25)27-20(4,5)6)17(3)16(2)18(21)24(22-7)15-26-13-14-28(8,9)10/h16-17,21H,7,11-15H2,1-6,8-10H3. The van der Waals surface area contributed by atoms with E-state index < -0.39 is 13.7 Å². The van der Waals surface area contributed by atoms with E-state index in [1.54, 1.807) is 4.90 Å². The zero-order valence-corrected chi connectivity index (χ0v) is 20.5. The van der Waals surface area contributed by atoms with Gasteiger partial charge in [-0.25, -0.2) is 9.80 Å². The van der Waals surface area contributed by atoms with Crippen molar-refractivity contribution in [2.45, 2.75) is 85.3 Å². The van der Waals surface area contributed by atoms with E-state index in [-0.39, 0.29) is 30.6 Å². The van der Waals surface area contributed by atoms with Crippen molar-refractivity contribution >= 4 is 26.7 Å². The van der Waals surface area contributed by atoms with Crippen molar-refractivity contribution in [1.29, 1.82) is 5.41 Å². The molecule has 0 saturated carbocycles. The molecule has 0 bridgehead atoms. The minimum absolute atomic E-state index is 0.199. The molecule has 0 rings (SSSR count). The fourth-order valence-corrected chi connectivity index (χ4v) is 3.23. The molecule has 2 unspecified atom stereocenters. The molecule has 0 radical (unpaired) electrons. The van der Waals surface area contributed by atoms with Crippen LogP contribution in [0.2, 0.25) is 25.7 Å². The van der Waals surface area contributed by atoms with Crippen molar-refractivity contribution < 1.29 is 14.3 Å². The number of rotatable bonds is 11. The number of amides is 1. The van der Waals surface area contributed by atoms with Gasteiger partial charge in [-0.3, -0.25) is 5.41 Å². The molecule has 0 aromatic rings. The number of carbonyl (C=O) groups is 1. The fraction of sp³-hybridized carbons (Fsp3) is 0.850. The number of nitrogens with zero attached hydrogens (tertiary/aromatic N) is 3. The van der Waals surface area contributed by atoms with Gasteiger partial charge in [-0.2, -0.15) is 5.10 Å². The lowest BCUT2D eigenvalue weighted by atomic mass is 10.0. The Bertz CT molecular complexity index is 515. The highest BCUT2D eigenvalue weighted by Crippen LogP contribution is 2.19. The van der Waals surface area contributed by atoms with Crippen LogP contribution in [0.15, 0.2) is 5.10 Å². The van der Waals surface area contributed by atoms with Crippen LogP contribution < -0.4 is 0 Å². The summed E-state index contributed by atoms with van der Waals surface area (Å²) in [6.45, 7) is 23.3. The van der Waals surface area contributed by atoms with Crippen molar-refractivity contribution in [3.63, 3.8) is 0 Å². The van der Waals surface area contributed by atoms with Gasteiger partial charge in [0.1, 0.15) is 18.2 Å². The van der Waals surface area contributed by atoms with Crippen LogP contribution in [0, 0.1) is 11.3 Å². The molecule has 28 heavy (non-hydrogen) atoms. The van der Waals surface area contributed by atoms with E-state index in [1.807, 2.05) is 41.5 Å². The predicted octanol–water partition coefficient (Wildman–Crippen LogP) is 4.87. The summed E-state index contributed by atoms with van der Waals surface area (Å²) in [5.74, 6) is 0.0327. The molecule has 164 valence electrons. The highest BCUT2D eigenvalue weighted by atomic mass is 28.3. The van der Waals surface area contributed by atoms with E-state index in [4.69, 9.17) is 14.9 Å². The van der Waals surface area contributed by atoms with Gasteiger partial charge in [0.15, 0.2) is 0 Å². The zero-order valence-electron chi connectivity index (χ0n) is 19.5. The van der Waals surface area contributed by atoms with E-state index in [9.17, 15) is 4.79 Å². The average Bonchev–Trinajstić information content (AvgIpc) is 2.55. The molecule has 2 atom stereocenters. The van der Waals surface area contributed by atoms with Crippen LogP contribution >= 0.6 is 0 Å². The summed E-state index contributed by atoms with van der Waals surface area (Å²) in [4.78, 5) is 14.3. The van der Waals surface area contributed by atoms with E-state index >= 15 is 0 Å². The molecule has 0 fully saturated rings. The van der Waals surface area contributed by atoms with Crippen LogP contribution in [0.1, 0.15) is 48.0 Å². The van der Waals surface area contributed by atoms with Gasteiger partial charge in [0.05, 0.1) is 0 Å². The molecule has 0 aliphatic heterocycles. The van der Waals surface area contributed by atoms with Gasteiger partial charge in [0.25, 0.3) is 0 Å². The van der Waals surface area contributed by atoms with E-state index in [0.29, 0.717) is 13.2 Å². The summed E-state index contributed by atoms with van der Waals surface area (Å²) in [7, 11) is -1.16. The Balaban J connectivity index is 5.00. The van der Waals surface area contributed by atoms with Crippen LogP contribution in [0.25, 0.3) is 0 Å². The molecule has 0 spiro atoms. The molecule has 0 aromatic heterocycles. The van der Waals surface area contributed by atoms with Gasteiger partial charge in [-0.05, 0) is 40.2 Å². The molecule has 0 aliphatic rings. The molecule has 0 saturated heterocycles. The van der Waals surface area contributed by atoms with Crippen LogP contribution in [0.5, 0.6) is 0 Å². The maximum absolute atomic E-state index is 12.6. The molecular weight excluding hydrogens is 372 g/mol. The quantitative estimate of drug-likeness (QED) is 0.131. The summed E-state index contributed by atoms with van der Waals surface area (Å²) in [5, 5.41) is 13.9. The molecule has 0 heterocycles. The molecule has 1 amide bonds. The highest BCUT2D eigenvalue weighted by Gasteiger charge is 2.31. The summed E-state index contributed by atoms with van der Waals surface area (Å²) in [6, 6.07) is 0.841. The lowest BCUT2D eigenvalue weighted by Crippen LogP contribution is -2.49. The SMILES string of the molecule is C=NN(COCC[Si](C)(C)C)C(=N)C(C)C(C)N(CCC)C(=O)OC(C)(C)C. The Labute approximate surface area is 173 Å². The number of amidine groups is 1. The van der Waals surface area contributed by atoms with Gasteiger partial charge in [0.2, 0.25) is 0 Å². The number of ether oxygens (including phenoxy) is 2. The number of hydrazone groups is 1. The maximum atomic E-state index is 12.6. The second kappa shape index (κ2) is 11.6. The highest BCUT2D eigenvalue weighted by molar-refractivity contribution is 6.76. The number of hydrogen-bond donors (Lipinski definition) is 1. The zero-order chi connectivity index (χ0) is 22.1. The minimum atomic E-state index is -1.16. The molecule has 0 aromatic carbocycles. The Hall–Kier alpha value is -1.41. The molecular formula is C20H42N4O3Si. The number of carbonyl (C=O) groups excluding carboxylic acids is 1. The van der Waals surface area contributed by atoms with Gasteiger partial charge in [0, 0.05) is 39.9 Å². The smallest absolute Gasteiger partial charge is 0.410 e. The first-order valence-corrected chi connectivity index (χ1v) is 13.8. The largest absolute Gasteiger partial charge is 0.444 e. The maximum Gasteiger partial charge on any atom is 0.410 e. The third-order valence-corrected chi connectivity index (χ3v) is 6.10. The molecule has 1 N–H and O–H groups in total. The lowest BCUT2D eigenvalue weighted by molar-refractivity contribution is 0.0140. The second-order valence-corrected chi connectivity index (χ2v) is 15.1. The van der Waals surface area contributed by atoms with Crippen molar-refractivity contribution in [1.82, 2.24) is 9.91 Å². The average molecular weight is 415 g/mol. The summed E-state index contributed by atoms with van der Waals surface area (Å²) >= 11 is 0. The van der Waals surface area contributed by atoms with Crippen molar-refractivity contribution in [3.05, 3.63) is 0 Å². The Morgan fingerprint density at radius 3 is 2.25 bits per heavy atom. The van der Waals surface area contributed by atoms with Gasteiger partial charge in [-0.1, -0.05) is 33.5 Å². The van der Waals surface area contributed by atoms with E-state index in [2.05, 4.69) is 31.5 Å².